The SMILES string of the molecule is COCCO[C@@H]1[C@H](O[Si](C)(C)C(C)(C)C)[C@@H]([C@@H](C)O)O[C@H]1N(/C=C(/C)C(C)=O)C(C)=O. The molecule has 1 fully saturated rings. The molecule has 0 aromatic heterocycles. The molecular weight excluding hydrogens is 418 g/mol. The molecule has 1 rings (SSSR count). The lowest BCUT2D eigenvalue weighted by molar-refractivity contribution is -0.149. The standard InChI is InChI=1S/C22H41NO7Si/c1-14(15(2)24)13-23(17(4)26)21-20(28-12-11-27-8)19(18(29-21)16(3)25)30-31(9,10)22(5,6)7/h13,16,18-21,25H,11-12H2,1-10H3/b14-13-/t16-,18-,19-,20-,21-/m1/s1. The molecular formula is C22H41NO7Si. The van der Waals surface area contributed by atoms with Crippen molar-refractivity contribution in [3.8, 4) is 0 Å². The lowest BCUT2D eigenvalue weighted by atomic mass is 10.1. The second-order valence-electron chi connectivity index (χ2n) is 9.70. The number of rotatable bonds is 10. The minimum absolute atomic E-state index is 0.0726. The molecule has 180 valence electrons. The Morgan fingerprint density at radius 3 is 2.16 bits per heavy atom. The van der Waals surface area contributed by atoms with Crippen LogP contribution in [0.5, 0.6) is 0 Å². The van der Waals surface area contributed by atoms with Crippen LogP contribution in [0.4, 0.5) is 0 Å². The minimum Gasteiger partial charge on any atom is -0.408 e. The van der Waals surface area contributed by atoms with Gasteiger partial charge in [0, 0.05) is 25.8 Å². The van der Waals surface area contributed by atoms with Crippen molar-refractivity contribution in [2.24, 2.45) is 0 Å². The van der Waals surface area contributed by atoms with Gasteiger partial charge in [-0.15, -0.1) is 0 Å². The van der Waals surface area contributed by atoms with Crippen LogP contribution in [0, 0.1) is 0 Å². The number of nitrogens with zero attached hydrogens (tertiary/aromatic N) is 1. The Morgan fingerprint density at radius 2 is 1.74 bits per heavy atom. The average Bonchev–Trinajstić information content (AvgIpc) is 2.96. The first-order valence-electron chi connectivity index (χ1n) is 10.7. The molecule has 31 heavy (non-hydrogen) atoms. The highest BCUT2D eigenvalue weighted by Gasteiger charge is 2.54. The Kier molecular flexibility index (Phi) is 10.1. The van der Waals surface area contributed by atoms with E-state index in [2.05, 4.69) is 33.9 Å². The van der Waals surface area contributed by atoms with E-state index in [4.69, 9.17) is 18.6 Å². The van der Waals surface area contributed by atoms with Crippen molar-refractivity contribution in [3.63, 3.8) is 0 Å². The zero-order valence-electron chi connectivity index (χ0n) is 20.7. The summed E-state index contributed by atoms with van der Waals surface area (Å²) in [5.74, 6) is -0.453. The summed E-state index contributed by atoms with van der Waals surface area (Å²) in [5.41, 5.74) is 0.414. The highest BCUT2D eigenvalue weighted by molar-refractivity contribution is 6.74. The molecule has 1 N–H and O–H groups in total. The maximum Gasteiger partial charge on any atom is 0.225 e. The van der Waals surface area contributed by atoms with E-state index in [0.717, 1.165) is 0 Å². The molecule has 0 aromatic rings. The van der Waals surface area contributed by atoms with Crippen LogP contribution in [0.2, 0.25) is 18.1 Å². The number of allylic oxidation sites excluding steroid dienone is 1. The number of carbonyl (C=O) groups excluding carboxylic acids is 2. The van der Waals surface area contributed by atoms with Crippen molar-refractivity contribution in [2.75, 3.05) is 20.3 Å². The van der Waals surface area contributed by atoms with E-state index in [1.54, 1.807) is 21.0 Å². The molecule has 0 unspecified atom stereocenters. The number of aliphatic hydroxyl groups excluding tert-OH is 1. The van der Waals surface area contributed by atoms with Gasteiger partial charge in [-0.3, -0.25) is 14.5 Å². The van der Waals surface area contributed by atoms with E-state index in [-0.39, 0.29) is 23.3 Å². The van der Waals surface area contributed by atoms with E-state index >= 15 is 0 Å². The summed E-state index contributed by atoms with van der Waals surface area (Å²) < 4.78 is 24.1. The molecule has 1 aliphatic heterocycles. The van der Waals surface area contributed by atoms with Crippen molar-refractivity contribution in [1.82, 2.24) is 4.90 Å². The highest BCUT2D eigenvalue weighted by atomic mass is 28.4. The molecule has 0 saturated carbocycles. The van der Waals surface area contributed by atoms with Gasteiger partial charge >= 0.3 is 0 Å². The van der Waals surface area contributed by atoms with Gasteiger partial charge in [0.15, 0.2) is 20.3 Å². The molecule has 1 heterocycles. The van der Waals surface area contributed by atoms with Crippen LogP contribution in [-0.4, -0.2) is 81.0 Å². The molecule has 1 amide bonds. The lowest BCUT2D eigenvalue weighted by Crippen LogP contribution is -2.53. The topological polar surface area (TPSA) is 94.5 Å². The van der Waals surface area contributed by atoms with Crippen LogP contribution in [0.25, 0.3) is 0 Å². The average molecular weight is 460 g/mol. The monoisotopic (exact) mass is 459 g/mol. The number of amides is 1. The van der Waals surface area contributed by atoms with Crippen molar-refractivity contribution < 1.29 is 33.3 Å². The quantitative estimate of drug-likeness (QED) is 0.305. The van der Waals surface area contributed by atoms with Crippen LogP contribution in [0.15, 0.2) is 11.8 Å². The van der Waals surface area contributed by atoms with E-state index in [1.807, 2.05) is 0 Å². The zero-order valence-corrected chi connectivity index (χ0v) is 21.7. The van der Waals surface area contributed by atoms with E-state index < -0.39 is 39.0 Å². The van der Waals surface area contributed by atoms with E-state index in [0.29, 0.717) is 12.2 Å². The first kappa shape index (κ1) is 27.9. The van der Waals surface area contributed by atoms with Gasteiger partial charge in [0.25, 0.3) is 0 Å². The van der Waals surface area contributed by atoms with Gasteiger partial charge < -0.3 is 23.7 Å². The molecule has 0 aliphatic carbocycles. The van der Waals surface area contributed by atoms with Crippen LogP contribution < -0.4 is 0 Å². The Bertz CT molecular complexity index is 657. The van der Waals surface area contributed by atoms with Crippen LogP contribution in [0.1, 0.15) is 48.5 Å². The molecule has 0 radical (unpaired) electrons. The van der Waals surface area contributed by atoms with Gasteiger partial charge in [-0.05, 0) is 38.9 Å². The third-order valence-electron chi connectivity index (χ3n) is 6.06. The van der Waals surface area contributed by atoms with Gasteiger partial charge in [-0.2, -0.15) is 0 Å². The summed E-state index contributed by atoms with van der Waals surface area (Å²) in [6, 6.07) is 0. The van der Waals surface area contributed by atoms with Crippen LogP contribution in [-0.2, 0) is 28.2 Å². The minimum atomic E-state index is -2.26. The number of Topliss-reactive ketones (excluding diaryl/α,β-unsaturated/α-hetero) is 1. The van der Waals surface area contributed by atoms with Gasteiger partial charge in [-0.25, -0.2) is 0 Å². The molecule has 1 saturated heterocycles. The predicted octanol–water partition coefficient (Wildman–Crippen LogP) is 2.86. The van der Waals surface area contributed by atoms with Crippen molar-refractivity contribution in [3.05, 3.63) is 11.8 Å². The normalized spacial score (nSPS) is 26.1. The molecule has 0 spiro atoms. The maximum absolute atomic E-state index is 12.5. The van der Waals surface area contributed by atoms with Crippen LogP contribution >= 0.6 is 0 Å². The van der Waals surface area contributed by atoms with Crippen molar-refractivity contribution >= 4 is 20.0 Å². The number of hydrogen-bond donors (Lipinski definition) is 1. The number of ketones is 1. The fraction of sp³-hybridized carbons (Fsp3) is 0.818. The number of ether oxygens (including phenoxy) is 3. The Hall–Kier alpha value is -1.10. The zero-order chi connectivity index (χ0) is 24.1. The molecule has 0 bridgehead atoms. The maximum atomic E-state index is 12.5. The van der Waals surface area contributed by atoms with E-state index in [9.17, 15) is 14.7 Å². The summed E-state index contributed by atoms with van der Waals surface area (Å²) in [6.45, 7) is 17.4. The lowest BCUT2D eigenvalue weighted by Gasteiger charge is -2.41. The molecule has 9 heteroatoms. The predicted molar refractivity (Wildman–Crippen MR) is 121 cm³/mol. The third kappa shape index (κ3) is 7.20. The van der Waals surface area contributed by atoms with Gasteiger partial charge in [0.2, 0.25) is 5.91 Å². The number of aliphatic hydroxyl groups is 1. The Balaban J connectivity index is 3.43. The number of hydrogen-bond acceptors (Lipinski definition) is 7. The van der Waals surface area contributed by atoms with Crippen molar-refractivity contribution in [1.29, 1.82) is 0 Å². The fourth-order valence-electron chi connectivity index (χ4n) is 3.02. The molecule has 1 aliphatic rings. The molecule has 0 aromatic carbocycles. The smallest absolute Gasteiger partial charge is 0.225 e. The third-order valence-corrected chi connectivity index (χ3v) is 10.5. The summed E-state index contributed by atoms with van der Waals surface area (Å²) in [5, 5.41) is 10.4. The summed E-state index contributed by atoms with van der Waals surface area (Å²) in [7, 11) is -0.685. The summed E-state index contributed by atoms with van der Waals surface area (Å²) >= 11 is 0. The first-order chi connectivity index (χ1) is 14.1. The second kappa shape index (κ2) is 11.2. The highest BCUT2D eigenvalue weighted by Crippen LogP contribution is 2.41. The second-order valence-corrected chi connectivity index (χ2v) is 14.5. The summed E-state index contributed by atoms with van der Waals surface area (Å²) in [4.78, 5) is 25.7. The number of methoxy groups -OCH3 is 1. The Morgan fingerprint density at radius 1 is 1.16 bits per heavy atom. The largest absolute Gasteiger partial charge is 0.408 e. The molecule has 8 nitrogen and oxygen atoms in total. The van der Waals surface area contributed by atoms with Gasteiger partial charge in [-0.1, -0.05) is 20.8 Å². The van der Waals surface area contributed by atoms with E-state index in [1.165, 1.54) is 24.9 Å². The Labute approximate surface area is 188 Å². The van der Waals surface area contributed by atoms with Crippen molar-refractivity contribution in [2.45, 2.75) is 97.2 Å². The number of carbonyl (C=O) groups is 2. The van der Waals surface area contributed by atoms with Gasteiger partial charge in [0.1, 0.15) is 18.3 Å². The van der Waals surface area contributed by atoms with Gasteiger partial charge in [0.05, 0.1) is 19.3 Å². The van der Waals surface area contributed by atoms with Crippen LogP contribution in [0.3, 0.4) is 0 Å². The summed E-state index contributed by atoms with van der Waals surface area (Å²) in [6.07, 6.45) is -2.16. The fourth-order valence-corrected chi connectivity index (χ4v) is 4.32. The first-order valence-corrected chi connectivity index (χ1v) is 13.6. The molecule has 5 atom stereocenters.